The first-order chi connectivity index (χ1) is 10.5. The molecular weight excluding hydrogens is 353 g/mol. The lowest BCUT2D eigenvalue weighted by molar-refractivity contribution is 0.0519. The van der Waals surface area contributed by atoms with Crippen molar-refractivity contribution in [2.24, 2.45) is 0 Å². The zero-order valence-electron chi connectivity index (χ0n) is 12.1. The molecule has 22 heavy (non-hydrogen) atoms. The van der Waals surface area contributed by atoms with Crippen LogP contribution < -0.4 is 0 Å². The Hall–Kier alpha value is -2.20. The van der Waals surface area contributed by atoms with Crippen LogP contribution in [0.25, 0.3) is 5.69 Å². The van der Waals surface area contributed by atoms with E-state index < -0.39 is 11.8 Å². The highest BCUT2D eigenvalue weighted by molar-refractivity contribution is 9.10. The lowest BCUT2D eigenvalue weighted by Crippen LogP contribution is -2.09. The summed E-state index contributed by atoms with van der Waals surface area (Å²) in [6.07, 6.45) is 0.434. The molecule has 0 aliphatic carbocycles. The molecule has 0 amide bonds. The fraction of sp³-hybridized carbons (Fsp3) is 0.267. The van der Waals surface area contributed by atoms with Gasteiger partial charge in [0.05, 0.1) is 12.3 Å². The molecule has 0 saturated heterocycles. The SMILES string of the molecule is CCOC(=O)c1nc(CC)n(-c2ccc(Br)cc2F)c1C#N. The number of benzene rings is 1. The Morgan fingerprint density at radius 1 is 1.50 bits per heavy atom. The van der Waals surface area contributed by atoms with E-state index >= 15 is 0 Å². The van der Waals surface area contributed by atoms with Crippen LogP contribution in [0, 0.1) is 17.1 Å². The second kappa shape index (κ2) is 6.71. The number of carbonyl (C=O) groups is 1. The van der Waals surface area contributed by atoms with Crippen LogP contribution in [-0.4, -0.2) is 22.1 Å². The number of aromatic nitrogens is 2. The summed E-state index contributed by atoms with van der Waals surface area (Å²) in [5.74, 6) is -0.792. The van der Waals surface area contributed by atoms with Gasteiger partial charge in [-0.2, -0.15) is 5.26 Å². The van der Waals surface area contributed by atoms with Crippen molar-refractivity contribution in [1.29, 1.82) is 5.26 Å². The molecule has 0 spiro atoms. The first kappa shape index (κ1) is 16.2. The van der Waals surface area contributed by atoms with Crippen LogP contribution in [0.4, 0.5) is 4.39 Å². The highest BCUT2D eigenvalue weighted by Gasteiger charge is 2.25. The van der Waals surface area contributed by atoms with Crippen molar-refractivity contribution in [1.82, 2.24) is 9.55 Å². The van der Waals surface area contributed by atoms with Gasteiger partial charge in [-0.1, -0.05) is 22.9 Å². The summed E-state index contributed by atoms with van der Waals surface area (Å²) in [5, 5.41) is 9.38. The maximum absolute atomic E-state index is 14.2. The van der Waals surface area contributed by atoms with Crippen molar-refractivity contribution >= 4 is 21.9 Å². The van der Waals surface area contributed by atoms with E-state index in [4.69, 9.17) is 4.74 Å². The molecule has 7 heteroatoms. The molecule has 0 atom stereocenters. The molecule has 0 saturated carbocycles. The van der Waals surface area contributed by atoms with Crippen molar-refractivity contribution in [3.05, 3.63) is 45.7 Å². The number of carbonyl (C=O) groups excluding carboxylic acids is 1. The molecule has 0 N–H and O–H groups in total. The average molecular weight is 366 g/mol. The number of rotatable bonds is 4. The van der Waals surface area contributed by atoms with Crippen molar-refractivity contribution < 1.29 is 13.9 Å². The Kier molecular flexibility index (Phi) is 4.93. The summed E-state index contributed by atoms with van der Waals surface area (Å²) in [7, 11) is 0. The van der Waals surface area contributed by atoms with E-state index in [1.165, 1.54) is 16.7 Å². The van der Waals surface area contributed by atoms with Crippen LogP contribution in [0.1, 0.15) is 35.9 Å². The number of hydrogen-bond acceptors (Lipinski definition) is 4. The van der Waals surface area contributed by atoms with Crippen LogP contribution in [0.2, 0.25) is 0 Å². The van der Waals surface area contributed by atoms with Gasteiger partial charge in [0.2, 0.25) is 0 Å². The third-order valence-electron chi connectivity index (χ3n) is 2.99. The van der Waals surface area contributed by atoms with E-state index in [1.54, 1.807) is 13.0 Å². The summed E-state index contributed by atoms with van der Waals surface area (Å²) in [5.41, 5.74) is 0.0414. The van der Waals surface area contributed by atoms with E-state index in [9.17, 15) is 14.4 Å². The Morgan fingerprint density at radius 2 is 2.23 bits per heavy atom. The maximum Gasteiger partial charge on any atom is 0.359 e. The molecule has 1 aromatic carbocycles. The van der Waals surface area contributed by atoms with Crippen LogP contribution in [0.5, 0.6) is 0 Å². The van der Waals surface area contributed by atoms with Gasteiger partial charge in [0, 0.05) is 10.9 Å². The second-order valence-corrected chi connectivity index (χ2v) is 5.26. The van der Waals surface area contributed by atoms with Crippen LogP contribution in [0.3, 0.4) is 0 Å². The van der Waals surface area contributed by atoms with Gasteiger partial charge in [-0.15, -0.1) is 0 Å². The number of esters is 1. The van der Waals surface area contributed by atoms with Crippen LogP contribution in [0.15, 0.2) is 22.7 Å². The van der Waals surface area contributed by atoms with Crippen molar-refractivity contribution in [3.8, 4) is 11.8 Å². The third kappa shape index (κ3) is 2.88. The zero-order valence-corrected chi connectivity index (χ0v) is 13.6. The molecule has 2 aromatic rings. The van der Waals surface area contributed by atoms with Crippen LogP contribution >= 0.6 is 15.9 Å². The molecule has 5 nitrogen and oxygen atoms in total. The predicted molar refractivity (Wildman–Crippen MR) is 81.3 cm³/mol. The third-order valence-corrected chi connectivity index (χ3v) is 3.48. The quantitative estimate of drug-likeness (QED) is 0.778. The number of aryl methyl sites for hydroxylation is 1. The Balaban J connectivity index is 2.69. The van der Waals surface area contributed by atoms with Gasteiger partial charge in [0.1, 0.15) is 17.7 Å². The van der Waals surface area contributed by atoms with E-state index in [0.717, 1.165) is 0 Å². The molecule has 0 bridgehead atoms. The minimum absolute atomic E-state index is 0.0310. The summed E-state index contributed by atoms with van der Waals surface area (Å²) >= 11 is 3.18. The molecular formula is C15H13BrFN3O2. The van der Waals surface area contributed by atoms with Gasteiger partial charge in [-0.25, -0.2) is 14.2 Å². The van der Waals surface area contributed by atoms with Gasteiger partial charge in [0.15, 0.2) is 11.4 Å². The zero-order chi connectivity index (χ0) is 16.3. The Bertz CT molecular complexity index is 765. The number of nitrogens with zero attached hydrogens (tertiary/aromatic N) is 3. The summed E-state index contributed by atoms with van der Waals surface area (Å²) in [6.45, 7) is 3.65. The summed E-state index contributed by atoms with van der Waals surface area (Å²) < 4.78 is 21.1. The minimum atomic E-state index is -0.690. The van der Waals surface area contributed by atoms with E-state index in [-0.39, 0.29) is 23.7 Å². The molecule has 0 unspecified atom stereocenters. The molecule has 0 fully saturated rings. The van der Waals surface area contributed by atoms with Crippen molar-refractivity contribution in [3.63, 3.8) is 0 Å². The fourth-order valence-corrected chi connectivity index (χ4v) is 2.40. The maximum atomic E-state index is 14.2. The standard InChI is InChI=1S/C15H13BrFN3O2/c1-3-13-19-14(15(21)22-4-2)12(8-18)20(13)11-6-5-9(16)7-10(11)17/h5-7H,3-4H2,1-2H3. The minimum Gasteiger partial charge on any atom is -0.461 e. The highest BCUT2D eigenvalue weighted by atomic mass is 79.9. The monoisotopic (exact) mass is 365 g/mol. The molecule has 2 rings (SSSR count). The lowest BCUT2D eigenvalue weighted by atomic mass is 10.2. The van der Waals surface area contributed by atoms with E-state index in [0.29, 0.717) is 16.7 Å². The van der Waals surface area contributed by atoms with Crippen molar-refractivity contribution in [2.45, 2.75) is 20.3 Å². The Labute approximate surface area is 135 Å². The largest absolute Gasteiger partial charge is 0.461 e. The van der Waals surface area contributed by atoms with Gasteiger partial charge >= 0.3 is 5.97 Å². The highest BCUT2D eigenvalue weighted by Crippen LogP contribution is 2.24. The normalized spacial score (nSPS) is 10.3. The fourth-order valence-electron chi connectivity index (χ4n) is 2.07. The number of hydrogen-bond donors (Lipinski definition) is 0. The predicted octanol–water partition coefficient (Wildman–Crippen LogP) is 3.38. The molecule has 0 aliphatic rings. The summed E-state index contributed by atoms with van der Waals surface area (Å²) in [6, 6.07) is 6.39. The van der Waals surface area contributed by atoms with Gasteiger partial charge in [0.25, 0.3) is 0 Å². The summed E-state index contributed by atoms with van der Waals surface area (Å²) in [4.78, 5) is 16.1. The smallest absolute Gasteiger partial charge is 0.359 e. The van der Waals surface area contributed by atoms with Gasteiger partial charge in [-0.3, -0.25) is 4.57 Å². The molecule has 1 heterocycles. The molecule has 0 radical (unpaired) electrons. The topological polar surface area (TPSA) is 67.9 Å². The van der Waals surface area contributed by atoms with Crippen LogP contribution in [-0.2, 0) is 11.2 Å². The first-order valence-electron chi connectivity index (χ1n) is 6.67. The average Bonchev–Trinajstić information content (AvgIpc) is 2.86. The first-order valence-corrected chi connectivity index (χ1v) is 7.47. The number of nitriles is 1. The number of ether oxygens (including phenoxy) is 1. The van der Waals surface area contributed by atoms with E-state index in [1.807, 2.05) is 13.0 Å². The van der Waals surface area contributed by atoms with Gasteiger partial charge < -0.3 is 4.74 Å². The molecule has 114 valence electrons. The second-order valence-electron chi connectivity index (χ2n) is 4.34. The molecule has 0 aliphatic heterocycles. The van der Waals surface area contributed by atoms with E-state index in [2.05, 4.69) is 20.9 Å². The van der Waals surface area contributed by atoms with Crippen molar-refractivity contribution in [2.75, 3.05) is 6.61 Å². The number of imidazole rings is 1. The molecule has 1 aromatic heterocycles. The lowest BCUT2D eigenvalue weighted by Gasteiger charge is -2.09. The van der Waals surface area contributed by atoms with Gasteiger partial charge in [-0.05, 0) is 25.1 Å². The number of halogens is 2. The Morgan fingerprint density at radius 3 is 2.77 bits per heavy atom.